The Bertz CT molecular complexity index is 1060. The third-order valence-corrected chi connectivity index (χ3v) is 7.26. The van der Waals surface area contributed by atoms with Crippen LogP contribution in [0.1, 0.15) is 24.8 Å². The monoisotopic (exact) mass is 446 g/mol. The van der Waals surface area contributed by atoms with Crippen LogP contribution in [-0.2, 0) is 21.2 Å². The van der Waals surface area contributed by atoms with Crippen molar-refractivity contribution in [2.75, 3.05) is 38.7 Å². The second-order valence-corrected chi connectivity index (χ2v) is 9.47. The molecular formula is C22H26N2O6S. The van der Waals surface area contributed by atoms with E-state index < -0.39 is 10.0 Å². The number of anilines is 1. The lowest BCUT2D eigenvalue weighted by molar-refractivity contribution is -0.115. The molecule has 9 heteroatoms. The maximum Gasteiger partial charge on any atom is 0.243 e. The molecule has 0 aliphatic carbocycles. The van der Waals surface area contributed by atoms with Crippen molar-refractivity contribution in [2.24, 2.45) is 0 Å². The topological polar surface area (TPSA) is 94.2 Å². The van der Waals surface area contributed by atoms with Gasteiger partial charge in [-0.25, -0.2) is 8.42 Å². The minimum absolute atomic E-state index is 0.100. The molecule has 0 saturated carbocycles. The summed E-state index contributed by atoms with van der Waals surface area (Å²) in [6, 6.07) is 9.91. The van der Waals surface area contributed by atoms with E-state index in [0.717, 1.165) is 24.8 Å². The highest BCUT2D eigenvalue weighted by Crippen LogP contribution is 2.32. The van der Waals surface area contributed by atoms with Gasteiger partial charge in [0, 0.05) is 13.1 Å². The number of rotatable bonds is 6. The van der Waals surface area contributed by atoms with Gasteiger partial charge in [-0.1, -0.05) is 12.5 Å². The van der Waals surface area contributed by atoms with E-state index in [9.17, 15) is 13.2 Å². The Morgan fingerprint density at radius 1 is 1.03 bits per heavy atom. The Morgan fingerprint density at radius 2 is 1.77 bits per heavy atom. The van der Waals surface area contributed by atoms with Gasteiger partial charge in [0.2, 0.25) is 15.9 Å². The highest BCUT2D eigenvalue weighted by molar-refractivity contribution is 7.89. The fourth-order valence-electron chi connectivity index (χ4n) is 3.78. The molecule has 31 heavy (non-hydrogen) atoms. The molecule has 0 atom stereocenters. The number of fused-ring (bicyclic) bond motifs is 1. The van der Waals surface area contributed by atoms with Crippen LogP contribution in [0.5, 0.6) is 17.2 Å². The number of ether oxygens (including phenoxy) is 3. The van der Waals surface area contributed by atoms with E-state index in [-0.39, 0.29) is 17.2 Å². The number of amides is 1. The molecule has 1 fully saturated rings. The summed E-state index contributed by atoms with van der Waals surface area (Å²) >= 11 is 0. The SMILES string of the molecule is COc1ccc(S(=O)(=O)N2CCCCC2)cc1NC(=O)Cc1ccc2c(c1)OCCO2. The third kappa shape index (κ3) is 4.77. The van der Waals surface area contributed by atoms with Crippen LogP contribution in [0.3, 0.4) is 0 Å². The highest BCUT2D eigenvalue weighted by Gasteiger charge is 2.27. The summed E-state index contributed by atoms with van der Waals surface area (Å²) in [5.74, 6) is 1.38. The molecule has 1 saturated heterocycles. The van der Waals surface area contributed by atoms with E-state index in [4.69, 9.17) is 14.2 Å². The van der Waals surface area contributed by atoms with Crippen molar-refractivity contribution < 1.29 is 27.4 Å². The molecule has 0 bridgehead atoms. The van der Waals surface area contributed by atoms with Crippen LogP contribution >= 0.6 is 0 Å². The number of carbonyl (C=O) groups excluding carboxylic acids is 1. The van der Waals surface area contributed by atoms with E-state index >= 15 is 0 Å². The lowest BCUT2D eigenvalue weighted by Crippen LogP contribution is -2.35. The van der Waals surface area contributed by atoms with Crippen LogP contribution in [0.15, 0.2) is 41.3 Å². The Labute approximate surface area is 182 Å². The number of piperidine rings is 1. The van der Waals surface area contributed by atoms with Crippen molar-refractivity contribution in [3.05, 3.63) is 42.0 Å². The number of benzene rings is 2. The second-order valence-electron chi connectivity index (χ2n) is 7.53. The van der Waals surface area contributed by atoms with E-state index in [1.165, 1.54) is 23.5 Å². The molecule has 0 spiro atoms. The van der Waals surface area contributed by atoms with Crippen molar-refractivity contribution in [1.29, 1.82) is 0 Å². The van der Waals surface area contributed by atoms with Gasteiger partial charge in [-0.15, -0.1) is 0 Å². The van der Waals surface area contributed by atoms with Crippen molar-refractivity contribution in [2.45, 2.75) is 30.6 Å². The molecule has 0 unspecified atom stereocenters. The number of hydrogen-bond donors (Lipinski definition) is 1. The van der Waals surface area contributed by atoms with Crippen molar-refractivity contribution in [3.63, 3.8) is 0 Å². The van der Waals surface area contributed by atoms with E-state index in [2.05, 4.69) is 5.32 Å². The Hall–Kier alpha value is -2.78. The number of nitrogens with one attached hydrogen (secondary N) is 1. The van der Waals surface area contributed by atoms with Crippen LogP contribution in [0.4, 0.5) is 5.69 Å². The first-order chi connectivity index (χ1) is 15.0. The summed E-state index contributed by atoms with van der Waals surface area (Å²) in [5.41, 5.74) is 1.08. The van der Waals surface area contributed by atoms with Crippen LogP contribution in [-0.4, -0.2) is 52.0 Å². The summed E-state index contributed by atoms with van der Waals surface area (Å²) in [5, 5.41) is 2.79. The average molecular weight is 447 g/mol. The van der Waals surface area contributed by atoms with Gasteiger partial charge < -0.3 is 19.5 Å². The summed E-state index contributed by atoms with van der Waals surface area (Å²) in [4.78, 5) is 12.8. The lowest BCUT2D eigenvalue weighted by Gasteiger charge is -2.26. The number of hydrogen-bond acceptors (Lipinski definition) is 6. The molecule has 0 aromatic heterocycles. The van der Waals surface area contributed by atoms with Crippen LogP contribution < -0.4 is 19.5 Å². The predicted octanol–water partition coefficient (Wildman–Crippen LogP) is 2.82. The fraction of sp³-hybridized carbons (Fsp3) is 0.409. The van der Waals surface area contributed by atoms with E-state index in [1.54, 1.807) is 18.2 Å². The van der Waals surface area contributed by atoms with Gasteiger partial charge >= 0.3 is 0 Å². The molecule has 2 heterocycles. The first-order valence-corrected chi connectivity index (χ1v) is 11.8. The summed E-state index contributed by atoms with van der Waals surface area (Å²) in [7, 11) is -2.14. The number of carbonyl (C=O) groups is 1. The van der Waals surface area contributed by atoms with Crippen molar-refractivity contribution >= 4 is 21.6 Å². The molecule has 2 aromatic rings. The smallest absolute Gasteiger partial charge is 0.243 e. The Kier molecular flexibility index (Phi) is 6.33. The van der Waals surface area contributed by atoms with Gasteiger partial charge in [0.1, 0.15) is 19.0 Å². The van der Waals surface area contributed by atoms with Crippen LogP contribution in [0.25, 0.3) is 0 Å². The van der Waals surface area contributed by atoms with Gasteiger partial charge in [-0.05, 0) is 48.7 Å². The molecule has 2 aromatic carbocycles. The lowest BCUT2D eigenvalue weighted by atomic mass is 10.1. The fourth-order valence-corrected chi connectivity index (χ4v) is 5.32. The number of sulfonamides is 1. The van der Waals surface area contributed by atoms with E-state index in [1.807, 2.05) is 6.07 Å². The van der Waals surface area contributed by atoms with E-state index in [0.29, 0.717) is 49.2 Å². The standard InChI is InChI=1S/C22H26N2O6S/c1-28-19-8-6-17(31(26,27)24-9-3-2-4-10-24)15-18(19)23-22(25)14-16-5-7-20-21(13-16)30-12-11-29-20/h5-8,13,15H,2-4,9-12,14H2,1H3,(H,23,25). The molecule has 166 valence electrons. The Morgan fingerprint density at radius 3 is 2.52 bits per heavy atom. The van der Waals surface area contributed by atoms with Crippen molar-refractivity contribution in [1.82, 2.24) is 4.31 Å². The number of nitrogens with zero attached hydrogens (tertiary/aromatic N) is 1. The zero-order valence-electron chi connectivity index (χ0n) is 17.4. The molecule has 8 nitrogen and oxygen atoms in total. The molecule has 1 N–H and O–H groups in total. The first kappa shape index (κ1) is 21.5. The van der Waals surface area contributed by atoms with Crippen LogP contribution in [0, 0.1) is 0 Å². The van der Waals surface area contributed by atoms with Crippen LogP contribution in [0.2, 0.25) is 0 Å². The van der Waals surface area contributed by atoms with Gasteiger partial charge in [-0.3, -0.25) is 4.79 Å². The summed E-state index contributed by atoms with van der Waals surface area (Å²) < 4.78 is 43.9. The van der Waals surface area contributed by atoms with Crippen molar-refractivity contribution in [3.8, 4) is 17.2 Å². The highest BCUT2D eigenvalue weighted by atomic mass is 32.2. The Balaban J connectivity index is 1.52. The third-order valence-electron chi connectivity index (χ3n) is 5.37. The number of methoxy groups -OCH3 is 1. The molecule has 1 amide bonds. The van der Waals surface area contributed by atoms with Gasteiger partial charge in [0.05, 0.1) is 24.1 Å². The largest absolute Gasteiger partial charge is 0.495 e. The molecule has 4 rings (SSSR count). The zero-order valence-corrected chi connectivity index (χ0v) is 18.2. The molecule has 0 radical (unpaired) electrons. The minimum Gasteiger partial charge on any atom is -0.495 e. The second kappa shape index (κ2) is 9.15. The summed E-state index contributed by atoms with van der Waals surface area (Å²) in [6.07, 6.45) is 2.85. The summed E-state index contributed by atoms with van der Waals surface area (Å²) in [6.45, 7) is 2.00. The maximum absolute atomic E-state index is 13.0. The zero-order chi connectivity index (χ0) is 21.8. The quantitative estimate of drug-likeness (QED) is 0.733. The molecule has 2 aliphatic rings. The first-order valence-electron chi connectivity index (χ1n) is 10.3. The average Bonchev–Trinajstić information content (AvgIpc) is 2.79. The predicted molar refractivity (Wildman–Crippen MR) is 115 cm³/mol. The van der Waals surface area contributed by atoms with Gasteiger partial charge in [-0.2, -0.15) is 4.31 Å². The van der Waals surface area contributed by atoms with Gasteiger partial charge in [0.25, 0.3) is 0 Å². The maximum atomic E-state index is 13.0. The molecular weight excluding hydrogens is 420 g/mol. The molecule has 2 aliphatic heterocycles. The normalized spacial score (nSPS) is 16.5. The van der Waals surface area contributed by atoms with Gasteiger partial charge in [0.15, 0.2) is 11.5 Å². The minimum atomic E-state index is -3.62.